The molecular formula is C36H46O8. The predicted molar refractivity (Wildman–Crippen MR) is 172 cm³/mol. The van der Waals surface area contributed by atoms with Gasteiger partial charge in [0, 0.05) is 5.56 Å². The van der Waals surface area contributed by atoms with Crippen LogP contribution < -0.4 is 14.2 Å². The lowest BCUT2D eigenvalue weighted by Gasteiger charge is -2.23. The van der Waals surface area contributed by atoms with Crippen molar-refractivity contribution in [3.05, 3.63) is 84.0 Å². The van der Waals surface area contributed by atoms with Crippen molar-refractivity contribution < 1.29 is 38.1 Å². The van der Waals surface area contributed by atoms with Crippen molar-refractivity contribution in [1.29, 1.82) is 0 Å². The summed E-state index contributed by atoms with van der Waals surface area (Å²) >= 11 is 0. The summed E-state index contributed by atoms with van der Waals surface area (Å²) in [6.45, 7) is 21.6. The molecule has 0 amide bonds. The van der Waals surface area contributed by atoms with Gasteiger partial charge in [-0.1, -0.05) is 12.2 Å². The lowest BCUT2D eigenvalue weighted by Crippen LogP contribution is -2.25. The summed E-state index contributed by atoms with van der Waals surface area (Å²) in [5.41, 5.74) is 1.29. The van der Waals surface area contributed by atoms with E-state index in [1.54, 1.807) is 84.0 Å². The fraction of sp³-hybridized carbons (Fsp3) is 0.417. The van der Waals surface area contributed by atoms with E-state index in [-0.39, 0.29) is 31.4 Å². The van der Waals surface area contributed by atoms with E-state index >= 15 is 0 Å². The zero-order chi connectivity index (χ0) is 33.1. The number of ketones is 1. The Kier molecular flexibility index (Phi) is 13.0. The number of esters is 2. The van der Waals surface area contributed by atoms with Crippen molar-refractivity contribution in [3.8, 4) is 17.2 Å². The minimum absolute atomic E-state index is 0.173. The Morgan fingerprint density at radius 2 is 1.27 bits per heavy atom. The maximum Gasteiger partial charge on any atom is 0.314 e. The molecule has 0 saturated heterocycles. The maximum absolute atomic E-state index is 13.2. The van der Waals surface area contributed by atoms with Gasteiger partial charge in [-0.3, -0.25) is 14.4 Å². The third-order valence-electron chi connectivity index (χ3n) is 6.08. The second kappa shape index (κ2) is 15.9. The normalized spacial score (nSPS) is 11.7. The fourth-order valence-corrected chi connectivity index (χ4v) is 3.80. The van der Waals surface area contributed by atoms with Crippen molar-refractivity contribution in [3.63, 3.8) is 0 Å². The van der Waals surface area contributed by atoms with Crippen LogP contribution in [0, 0.1) is 10.8 Å². The Balaban J connectivity index is 2.42. The van der Waals surface area contributed by atoms with E-state index in [1.807, 2.05) is 19.9 Å². The smallest absolute Gasteiger partial charge is 0.314 e. The van der Waals surface area contributed by atoms with E-state index in [4.69, 9.17) is 23.7 Å². The highest BCUT2D eigenvalue weighted by Crippen LogP contribution is 2.39. The van der Waals surface area contributed by atoms with Crippen LogP contribution >= 0.6 is 0 Å². The van der Waals surface area contributed by atoms with Gasteiger partial charge >= 0.3 is 11.9 Å². The van der Waals surface area contributed by atoms with Gasteiger partial charge in [0.25, 0.3) is 0 Å². The first kappa shape index (κ1) is 35.9. The van der Waals surface area contributed by atoms with Gasteiger partial charge in [-0.2, -0.15) is 0 Å². The molecule has 0 unspecified atom stereocenters. The molecule has 0 atom stereocenters. The highest BCUT2D eigenvalue weighted by molar-refractivity contribution is 6.07. The van der Waals surface area contributed by atoms with Crippen LogP contribution in [-0.4, -0.2) is 37.4 Å². The Morgan fingerprint density at radius 1 is 0.773 bits per heavy atom. The Hall–Kier alpha value is -4.33. The van der Waals surface area contributed by atoms with Gasteiger partial charge in [0.2, 0.25) is 13.6 Å². The lowest BCUT2D eigenvalue weighted by atomic mass is 9.97. The molecule has 0 fully saturated rings. The maximum atomic E-state index is 13.2. The highest BCUT2D eigenvalue weighted by atomic mass is 16.7. The van der Waals surface area contributed by atoms with Crippen LogP contribution in [0.1, 0.15) is 82.4 Å². The fourth-order valence-electron chi connectivity index (χ4n) is 3.80. The monoisotopic (exact) mass is 606 g/mol. The van der Waals surface area contributed by atoms with Crippen LogP contribution in [0.2, 0.25) is 0 Å². The largest absolute Gasteiger partial charge is 0.490 e. The number of carbonyl (C=O) groups excluding carboxylic acids is 3. The molecule has 0 aliphatic carbocycles. The molecule has 0 heterocycles. The van der Waals surface area contributed by atoms with Crippen LogP contribution in [0.25, 0.3) is 6.08 Å². The number of hydrogen-bond donors (Lipinski definition) is 0. The predicted octanol–water partition coefficient (Wildman–Crippen LogP) is 7.68. The zero-order valence-corrected chi connectivity index (χ0v) is 27.3. The summed E-state index contributed by atoms with van der Waals surface area (Å²) in [6.07, 6.45) is 7.43. The molecule has 0 saturated carbocycles. The van der Waals surface area contributed by atoms with E-state index in [9.17, 15) is 14.4 Å². The average molecular weight is 607 g/mol. The number of hydrogen-bond acceptors (Lipinski definition) is 8. The Labute approximate surface area is 261 Å². The van der Waals surface area contributed by atoms with Crippen molar-refractivity contribution in [2.45, 2.75) is 74.3 Å². The van der Waals surface area contributed by atoms with Gasteiger partial charge in [0.15, 0.2) is 5.78 Å². The number of allylic oxidation sites excluding steroid dienone is 3. The molecule has 2 aromatic carbocycles. The molecule has 8 heteroatoms. The summed E-state index contributed by atoms with van der Waals surface area (Å²) in [6, 6.07) is 8.47. The topological polar surface area (TPSA) is 97.4 Å². The van der Waals surface area contributed by atoms with Crippen molar-refractivity contribution in [2.24, 2.45) is 10.8 Å². The number of rotatable bonds is 15. The lowest BCUT2D eigenvalue weighted by molar-refractivity contribution is -0.160. The number of carbonyl (C=O) groups is 3. The zero-order valence-electron chi connectivity index (χ0n) is 27.3. The van der Waals surface area contributed by atoms with E-state index in [2.05, 4.69) is 13.2 Å². The Bertz CT molecular complexity index is 1350. The summed E-state index contributed by atoms with van der Waals surface area (Å²) in [4.78, 5) is 37.6. The number of benzene rings is 2. The van der Waals surface area contributed by atoms with E-state index < -0.39 is 16.8 Å². The van der Waals surface area contributed by atoms with E-state index in [1.165, 1.54) is 6.08 Å². The summed E-state index contributed by atoms with van der Waals surface area (Å²) in [5, 5.41) is 0. The molecule has 44 heavy (non-hydrogen) atoms. The van der Waals surface area contributed by atoms with Crippen LogP contribution in [0.3, 0.4) is 0 Å². The van der Waals surface area contributed by atoms with Crippen LogP contribution in [-0.2, 0) is 31.9 Å². The number of ether oxygens (including phenoxy) is 5. The minimum atomic E-state index is -0.695. The second-order valence-corrected chi connectivity index (χ2v) is 12.5. The third kappa shape index (κ3) is 10.7. The molecule has 238 valence electrons. The molecule has 0 aliphatic rings. The van der Waals surface area contributed by atoms with E-state index in [0.717, 1.165) is 11.1 Å². The highest BCUT2D eigenvalue weighted by Gasteiger charge is 2.25. The average Bonchev–Trinajstić information content (AvgIpc) is 2.93. The van der Waals surface area contributed by atoms with Gasteiger partial charge in [-0.25, -0.2) is 0 Å². The summed E-state index contributed by atoms with van der Waals surface area (Å²) < 4.78 is 28.3. The molecule has 2 rings (SSSR count). The van der Waals surface area contributed by atoms with Gasteiger partial charge in [-0.05, 0) is 122 Å². The first-order chi connectivity index (χ1) is 20.6. The van der Waals surface area contributed by atoms with E-state index in [0.29, 0.717) is 41.2 Å². The summed E-state index contributed by atoms with van der Waals surface area (Å²) in [5.74, 6) is 0.369. The van der Waals surface area contributed by atoms with Crippen molar-refractivity contribution >= 4 is 23.8 Å². The van der Waals surface area contributed by atoms with Gasteiger partial charge in [-0.15, -0.1) is 13.2 Å². The molecule has 0 aromatic heterocycles. The van der Waals surface area contributed by atoms with Crippen LogP contribution in [0.4, 0.5) is 0 Å². The quantitative estimate of drug-likeness (QED) is 0.0670. The molecule has 0 N–H and O–H groups in total. The molecule has 0 bridgehead atoms. The first-order valence-corrected chi connectivity index (χ1v) is 14.6. The summed E-state index contributed by atoms with van der Waals surface area (Å²) in [7, 11) is 0. The standard InChI is InChI=1S/C36H46O8/c1-11-13-26-21-27(14-12-2)32(44-24(3)4)29(31(26)41-23-43-34(39)36(8,9)10)19-20-30(37)25-15-17-28(18-16-25)40-22-42-33(38)35(5,6)7/h11-12,15-21,24H,1-2,13-14,22-23H2,3-10H3. The third-order valence-corrected chi connectivity index (χ3v) is 6.08. The molecule has 0 aliphatic heterocycles. The molecule has 2 aromatic rings. The Morgan fingerprint density at radius 3 is 1.75 bits per heavy atom. The van der Waals surface area contributed by atoms with Gasteiger partial charge < -0.3 is 23.7 Å². The molecular weight excluding hydrogens is 560 g/mol. The first-order valence-electron chi connectivity index (χ1n) is 14.6. The SMILES string of the molecule is C=CCc1cc(CC=C)c(OC(C)C)c(C=CC(=O)c2ccc(OCOC(=O)C(C)(C)C)cc2)c1OCOC(=O)C(C)(C)C. The van der Waals surface area contributed by atoms with Crippen molar-refractivity contribution in [1.82, 2.24) is 0 Å². The van der Waals surface area contributed by atoms with Crippen LogP contribution in [0.5, 0.6) is 17.2 Å². The molecule has 0 spiro atoms. The van der Waals surface area contributed by atoms with Crippen LogP contribution in [0.15, 0.2) is 61.7 Å². The second-order valence-electron chi connectivity index (χ2n) is 12.5. The van der Waals surface area contributed by atoms with Gasteiger partial charge in [0.1, 0.15) is 17.2 Å². The molecule has 0 radical (unpaired) electrons. The van der Waals surface area contributed by atoms with Gasteiger partial charge in [0.05, 0.1) is 22.5 Å². The van der Waals surface area contributed by atoms with Crippen molar-refractivity contribution in [2.75, 3.05) is 13.6 Å². The molecule has 8 nitrogen and oxygen atoms in total. The minimum Gasteiger partial charge on any atom is -0.490 e.